The monoisotopic (exact) mass is 306 g/mol. The number of hydrogen-bond acceptors (Lipinski definition) is 2. The summed E-state index contributed by atoms with van der Waals surface area (Å²) in [5.74, 6) is -0.172. The van der Waals surface area contributed by atoms with Crippen molar-refractivity contribution in [1.82, 2.24) is 0 Å². The third-order valence-electron chi connectivity index (χ3n) is 3.45. The molecule has 5 heteroatoms. The third-order valence-corrected chi connectivity index (χ3v) is 4.27. The molecular weight excluding hydrogens is 295 g/mol. The van der Waals surface area contributed by atoms with Gasteiger partial charge in [-0.05, 0) is 30.2 Å². The molecule has 1 aliphatic heterocycles. The first kappa shape index (κ1) is 13.3. The zero-order chi connectivity index (χ0) is 14.3. The van der Waals surface area contributed by atoms with Crippen LogP contribution in [0.1, 0.15) is 15.9 Å². The molecular formula is C15H12Cl2N2O. The molecule has 0 fully saturated rings. The van der Waals surface area contributed by atoms with Crippen LogP contribution in [0.4, 0.5) is 11.4 Å². The minimum atomic E-state index is -0.172. The second-order valence-electron chi connectivity index (χ2n) is 4.66. The fraction of sp³-hybridized carbons (Fsp3) is 0.133. The number of nitrogens with zero attached hydrogens (tertiary/aromatic N) is 1. The number of para-hydroxylation sites is 1. The third kappa shape index (κ3) is 2.03. The summed E-state index contributed by atoms with van der Waals surface area (Å²) in [5, 5.41) is 0.653. The van der Waals surface area contributed by atoms with Crippen LogP contribution in [-0.2, 0) is 6.42 Å². The van der Waals surface area contributed by atoms with Gasteiger partial charge in [-0.15, -0.1) is 0 Å². The van der Waals surface area contributed by atoms with Gasteiger partial charge in [0, 0.05) is 6.54 Å². The Kier molecular flexibility index (Phi) is 3.32. The van der Waals surface area contributed by atoms with Crippen molar-refractivity contribution < 1.29 is 4.79 Å². The lowest BCUT2D eigenvalue weighted by Gasteiger charge is -2.19. The fourth-order valence-corrected chi connectivity index (χ4v) is 2.88. The summed E-state index contributed by atoms with van der Waals surface area (Å²) in [7, 11) is 0. The summed E-state index contributed by atoms with van der Waals surface area (Å²) < 4.78 is 0. The maximum absolute atomic E-state index is 12.7. The van der Waals surface area contributed by atoms with E-state index in [0.29, 0.717) is 22.8 Å². The SMILES string of the molecule is Nc1cccc2c1N(C(=O)c1cccc(Cl)c1Cl)CC2. The van der Waals surface area contributed by atoms with Crippen LogP contribution in [-0.4, -0.2) is 12.5 Å². The van der Waals surface area contributed by atoms with Crippen LogP contribution in [0, 0.1) is 0 Å². The number of amides is 1. The van der Waals surface area contributed by atoms with Crippen LogP contribution in [0.5, 0.6) is 0 Å². The topological polar surface area (TPSA) is 46.3 Å². The Balaban J connectivity index is 2.04. The van der Waals surface area contributed by atoms with E-state index in [0.717, 1.165) is 17.7 Å². The zero-order valence-electron chi connectivity index (χ0n) is 10.6. The standard InChI is InChI=1S/C15H12Cl2N2O/c16-11-5-2-4-10(13(11)17)15(20)19-8-7-9-3-1-6-12(18)14(9)19/h1-6H,7-8,18H2. The van der Waals surface area contributed by atoms with Crippen molar-refractivity contribution in [1.29, 1.82) is 0 Å². The van der Waals surface area contributed by atoms with Gasteiger partial charge in [-0.25, -0.2) is 0 Å². The van der Waals surface area contributed by atoms with Gasteiger partial charge in [0.1, 0.15) is 0 Å². The van der Waals surface area contributed by atoms with Crippen molar-refractivity contribution in [2.24, 2.45) is 0 Å². The van der Waals surface area contributed by atoms with E-state index in [2.05, 4.69) is 0 Å². The van der Waals surface area contributed by atoms with E-state index >= 15 is 0 Å². The molecule has 0 aliphatic carbocycles. The quantitative estimate of drug-likeness (QED) is 0.815. The highest BCUT2D eigenvalue weighted by Gasteiger charge is 2.28. The number of benzene rings is 2. The summed E-state index contributed by atoms with van der Waals surface area (Å²) in [4.78, 5) is 14.3. The van der Waals surface area contributed by atoms with Gasteiger partial charge in [0.2, 0.25) is 0 Å². The number of rotatable bonds is 1. The van der Waals surface area contributed by atoms with Crippen LogP contribution in [0.15, 0.2) is 36.4 Å². The van der Waals surface area contributed by atoms with Crippen molar-refractivity contribution >= 4 is 40.5 Å². The molecule has 1 heterocycles. The van der Waals surface area contributed by atoms with E-state index in [1.54, 1.807) is 29.2 Å². The predicted molar refractivity (Wildman–Crippen MR) is 82.7 cm³/mol. The average Bonchev–Trinajstić information content (AvgIpc) is 2.86. The van der Waals surface area contributed by atoms with Crippen LogP contribution in [0.25, 0.3) is 0 Å². The molecule has 2 aromatic carbocycles. The highest BCUT2D eigenvalue weighted by molar-refractivity contribution is 6.44. The van der Waals surface area contributed by atoms with Gasteiger partial charge in [0.25, 0.3) is 5.91 Å². The average molecular weight is 307 g/mol. The Morgan fingerprint density at radius 1 is 1.15 bits per heavy atom. The van der Waals surface area contributed by atoms with Gasteiger partial charge in [0.05, 0.1) is 27.0 Å². The molecule has 1 amide bonds. The Morgan fingerprint density at radius 3 is 2.70 bits per heavy atom. The number of anilines is 2. The lowest BCUT2D eigenvalue weighted by molar-refractivity contribution is 0.0989. The molecule has 2 N–H and O–H groups in total. The van der Waals surface area contributed by atoms with E-state index in [1.807, 2.05) is 12.1 Å². The summed E-state index contributed by atoms with van der Waals surface area (Å²) in [6, 6.07) is 10.7. The molecule has 0 atom stereocenters. The Bertz CT molecular complexity index is 700. The first-order valence-electron chi connectivity index (χ1n) is 6.23. The Hall–Kier alpha value is -1.71. The van der Waals surface area contributed by atoms with Gasteiger partial charge in [0.15, 0.2) is 0 Å². The summed E-state index contributed by atoms with van der Waals surface area (Å²) >= 11 is 12.1. The normalized spacial score (nSPS) is 13.4. The molecule has 0 saturated carbocycles. The lowest BCUT2D eigenvalue weighted by Crippen LogP contribution is -2.29. The van der Waals surface area contributed by atoms with Gasteiger partial charge >= 0.3 is 0 Å². The highest BCUT2D eigenvalue weighted by atomic mass is 35.5. The van der Waals surface area contributed by atoms with E-state index in [1.165, 1.54) is 0 Å². The second kappa shape index (κ2) is 5.00. The molecule has 0 saturated heterocycles. The van der Waals surface area contributed by atoms with Crippen molar-refractivity contribution in [2.75, 3.05) is 17.2 Å². The number of carbonyl (C=O) groups excluding carboxylic acids is 1. The molecule has 0 radical (unpaired) electrons. The van der Waals surface area contributed by atoms with Gasteiger partial charge in [-0.2, -0.15) is 0 Å². The van der Waals surface area contributed by atoms with Gasteiger partial charge in [-0.3, -0.25) is 4.79 Å². The minimum absolute atomic E-state index is 0.172. The molecule has 20 heavy (non-hydrogen) atoms. The summed E-state index contributed by atoms with van der Waals surface area (Å²) in [6.07, 6.45) is 0.796. The Morgan fingerprint density at radius 2 is 1.90 bits per heavy atom. The molecule has 0 spiro atoms. The summed E-state index contributed by atoms with van der Waals surface area (Å²) in [5.41, 5.74) is 8.86. The van der Waals surface area contributed by atoms with Crippen LogP contribution >= 0.6 is 23.2 Å². The molecule has 102 valence electrons. The molecule has 0 aromatic heterocycles. The number of hydrogen-bond donors (Lipinski definition) is 1. The molecule has 1 aliphatic rings. The van der Waals surface area contributed by atoms with Crippen molar-refractivity contribution in [3.05, 3.63) is 57.6 Å². The highest BCUT2D eigenvalue weighted by Crippen LogP contribution is 2.36. The molecule has 0 bridgehead atoms. The first-order chi connectivity index (χ1) is 9.59. The van der Waals surface area contributed by atoms with Crippen LogP contribution in [0.2, 0.25) is 10.0 Å². The summed E-state index contributed by atoms with van der Waals surface area (Å²) in [6.45, 7) is 0.602. The smallest absolute Gasteiger partial charge is 0.259 e. The fourth-order valence-electron chi connectivity index (χ4n) is 2.50. The minimum Gasteiger partial charge on any atom is -0.397 e. The molecule has 3 nitrogen and oxygen atoms in total. The molecule has 2 aromatic rings. The maximum Gasteiger partial charge on any atom is 0.259 e. The van der Waals surface area contributed by atoms with Crippen LogP contribution < -0.4 is 10.6 Å². The van der Waals surface area contributed by atoms with Crippen LogP contribution in [0.3, 0.4) is 0 Å². The number of halogens is 2. The first-order valence-corrected chi connectivity index (χ1v) is 6.98. The maximum atomic E-state index is 12.7. The Labute approximate surface area is 126 Å². The van der Waals surface area contributed by atoms with Gasteiger partial charge < -0.3 is 10.6 Å². The van der Waals surface area contributed by atoms with E-state index in [9.17, 15) is 4.79 Å². The van der Waals surface area contributed by atoms with Gasteiger partial charge in [-0.1, -0.05) is 41.4 Å². The zero-order valence-corrected chi connectivity index (χ0v) is 12.1. The predicted octanol–water partition coefficient (Wildman–Crippen LogP) is 3.78. The largest absolute Gasteiger partial charge is 0.397 e. The van der Waals surface area contributed by atoms with Crippen molar-refractivity contribution in [2.45, 2.75) is 6.42 Å². The molecule has 3 rings (SSSR count). The molecule has 0 unspecified atom stereocenters. The second-order valence-corrected chi connectivity index (χ2v) is 5.45. The van der Waals surface area contributed by atoms with E-state index in [-0.39, 0.29) is 10.9 Å². The number of nitrogens with two attached hydrogens (primary N) is 1. The van der Waals surface area contributed by atoms with E-state index in [4.69, 9.17) is 28.9 Å². The number of fused-ring (bicyclic) bond motifs is 1. The van der Waals surface area contributed by atoms with Crippen molar-refractivity contribution in [3.8, 4) is 0 Å². The lowest BCUT2D eigenvalue weighted by atomic mass is 10.1. The number of carbonyl (C=O) groups is 1. The van der Waals surface area contributed by atoms with E-state index < -0.39 is 0 Å². The van der Waals surface area contributed by atoms with Crippen molar-refractivity contribution in [3.63, 3.8) is 0 Å². The number of nitrogen functional groups attached to an aromatic ring is 1.